The Bertz CT molecular complexity index is 924. The lowest BCUT2D eigenvalue weighted by Gasteiger charge is -2.20. The van der Waals surface area contributed by atoms with Crippen molar-refractivity contribution < 1.29 is 19.8 Å². The van der Waals surface area contributed by atoms with Gasteiger partial charge >= 0.3 is 11.9 Å². The van der Waals surface area contributed by atoms with E-state index in [4.69, 9.17) is 11.6 Å². The van der Waals surface area contributed by atoms with Gasteiger partial charge in [-0.3, -0.25) is 0 Å². The van der Waals surface area contributed by atoms with Crippen molar-refractivity contribution in [1.82, 2.24) is 0 Å². The van der Waals surface area contributed by atoms with Gasteiger partial charge in [-0.1, -0.05) is 80.0 Å². The summed E-state index contributed by atoms with van der Waals surface area (Å²) in [6.45, 7) is 3.95. The van der Waals surface area contributed by atoms with Crippen molar-refractivity contribution in [3.63, 3.8) is 0 Å². The monoisotopic (exact) mass is 424 g/mol. The Balaban J connectivity index is 0.000000386. The number of rotatable bonds is 6. The summed E-state index contributed by atoms with van der Waals surface area (Å²) >= 11 is 5.54. The van der Waals surface area contributed by atoms with Crippen molar-refractivity contribution in [3.05, 3.63) is 106 Å². The number of halogens is 1. The van der Waals surface area contributed by atoms with Gasteiger partial charge in [0.1, 0.15) is 0 Å². The topological polar surface area (TPSA) is 74.6 Å². The SMILES string of the molecule is CC(CC(C)c1ccccc1C(=O)O)c1ccccc1C(=O)O.Clc1ccccc1. The summed E-state index contributed by atoms with van der Waals surface area (Å²) in [6, 6.07) is 23.4. The number of benzene rings is 3. The summed E-state index contributed by atoms with van der Waals surface area (Å²) in [5.41, 5.74) is 2.16. The number of aromatic carboxylic acids is 2. The lowest BCUT2D eigenvalue weighted by atomic mass is 9.84. The second kappa shape index (κ2) is 11.2. The van der Waals surface area contributed by atoms with Crippen LogP contribution >= 0.6 is 11.6 Å². The van der Waals surface area contributed by atoms with Gasteiger partial charge in [-0.15, -0.1) is 0 Å². The van der Waals surface area contributed by atoms with E-state index in [-0.39, 0.29) is 11.8 Å². The predicted molar refractivity (Wildman–Crippen MR) is 120 cm³/mol. The first kappa shape index (κ1) is 23.2. The standard InChI is InChI=1S/C19H20O4.C6H5Cl/c1-12(14-7-3-5-9-16(14)18(20)21)11-13(2)15-8-4-6-10-17(15)19(22)23;7-6-4-2-1-3-5-6/h3-10,12-13H,11H2,1-2H3,(H,20,21)(H,22,23);1-5H. The third-order valence-corrected chi connectivity index (χ3v) is 5.14. The third kappa shape index (κ3) is 6.46. The predicted octanol–water partition coefficient (Wildman–Crippen LogP) is 6.72. The molecule has 0 bridgehead atoms. The maximum Gasteiger partial charge on any atom is 0.335 e. The molecule has 2 unspecified atom stereocenters. The molecule has 0 saturated carbocycles. The summed E-state index contributed by atoms with van der Waals surface area (Å²) < 4.78 is 0. The lowest BCUT2D eigenvalue weighted by molar-refractivity contribution is 0.0685. The quantitative estimate of drug-likeness (QED) is 0.460. The van der Waals surface area contributed by atoms with Crippen molar-refractivity contribution in [2.24, 2.45) is 0 Å². The van der Waals surface area contributed by atoms with E-state index in [0.717, 1.165) is 16.1 Å². The number of carbonyl (C=O) groups is 2. The van der Waals surface area contributed by atoms with Crippen molar-refractivity contribution >= 4 is 23.5 Å². The molecule has 4 nitrogen and oxygen atoms in total. The Kier molecular flexibility index (Phi) is 8.63. The molecular weight excluding hydrogens is 400 g/mol. The highest BCUT2D eigenvalue weighted by atomic mass is 35.5. The molecule has 0 heterocycles. The zero-order valence-electron chi connectivity index (χ0n) is 17.0. The van der Waals surface area contributed by atoms with Crippen LogP contribution in [0.4, 0.5) is 0 Å². The van der Waals surface area contributed by atoms with Gasteiger partial charge in [0.2, 0.25) is 0 Å². The minimum atomic E-state index is -0.939. The first-order chi connectivity index (χ1) is 14.3. The molecule has 3 rings (SSSR count). The summed E-state index contributed by atoms with van der Waals surface area (Å²) in [7, 11) is 0. The Morgan fingerprint density at radius 3 is 1.40 bits per heavy atom. The van der Waals surface area contributed by atoms with E-state index in [1.807, 2.05) is 68.4 Å². The molecule has 0 radical (unpaired) electrons. The second-order valence-corrected chi connectivity index (χ2v) is 7.55. The average molecular weight is 425 g/mol. The van der Waals surface area contributed by atoms with E-state index in [1.54, 1.807) is 24.3 Å². The third-order valence-electron chi connectivity index (χ3n) is 4.88. The van der Waals surface area contributed by atoms with E-state index in [1.165, 1.54) is 0 Å². The molecular formula is C25H25ClO4. The van der Waals surface area contributed by atoms with Crippen LogP contribution in [0, 0.1) is 0 Å². The van der Waals surface area contributed by atoms with Gasteiger partial charge < -0.3 is 10.2 Å². The van der Waals surface area contributed by atoms with Gasteiger partial charge in [-0.2, -0.15) is 0 Å². The van der Waals surface area contributed by atoms with Crippen LogP contribution in [0.1, 0.15) is 63.9 Å². The van der Waals surface area contributed by atoms with E-state index < -0.39 is 11.9 Å². The Labute approximate surface area is 181 Å². The highest BCUT2D eigenvalue weighted by Crippen LogP contribution is 2.32. The minimum absolute atomic E-state index is 0.0131. The smallest absolute Gasteiger partial charge is 0.335 e. The average Bonchev–Trinajstić information content (AvgIpc) is 2.74. The van der Waals surface area contributed by atoms with E-state index in [0.29, 0.717) is 17.5 Å². The fourth-order valence-electron chi connectivity index (χ4n) is 3.44. The number of carboxylic acid groups (broad SMARTS) is 2. The van der Waals surface area contributed by atoms with Crippen LogP contribution < -0.4 is 0 Å². The summed E-state index contributed by atoms with van der Waals surface area (Å²) in [5.74, 6) is -1.85. The second-order valence-electron chi connectivity index (χ2n) is 7.12. The molecule has 30 heavy (non-hydrogen) atoms. The maximum absolute atomic E-state index is 11.3. The molecule has 0 aliphatic heterocycles. The summed E-state index contributed by atoms with van der Waals surface area (Å²) in [4.78, 5) is 22.7. The van der Waals surface area contributed by atoms with Crippen LogP contribution in [0.5, 0.6) is 0 Å². The first-order valence-electron chi connectivity index (χ1n) is 9.66. The molecule has 0 saturated heterocycles. The van der Waals surface area contributed by atoms with Crippen molar-refractivity contribution in [2.45, 2.75) is 32.1 Å². The van der Waals surface area contributed by atoms with E-state index in [2.05, 4.69) is 0 Å². The number of carboxylic acids is 2. The minimum Gasteiger partial charge on any atom is -0.478 e. The highest BCUT2D eigenvalue weighted by Gasteiger charge is 2.20. The molecule has 0 spiro atoms. The lowest BCUT2D eigenvalue weighted by Crippen LogP contribution is -2.10. The van der Waals surface area contributed by atoms with Crippen molar-refractivity contribution in [1.29, 1.82) is 0 Å². The van der Waals surface area contributed by atoms with Gasteiger partial charge in [0.15, 0.2) is 0 Å². The number of hydrogen-bond acceptors (Lipinski definition) is 2. The fourth-order valence-corrected chi connectivity index (χ4v) is 3.59. The highest BCUT2D eigenvalue weighted by molar-refractivity contribution is 6.30. The molecule has 0 aliphatic carbocycles. The first-order valence-corrected chi connectivity index (χ1v) is 10.0. The number of hydrogen-bond donors (Lipinski definition) is 2. The van der Waals surface area contributed by atoms with E-state index in [9.17, 15) is 19.8 Å². The van der Waals surface area contributed by atoms with Crippen LogP contribution in [0.3, 0.4) is 0 Å². The van der Waals surface area contributed by atoms with Crippen LogP contribution in [0.25, 0.3) is 0 Å². The zero-order valence-corrected chi connectivity index (χ0v) is 17.7. The fraction of sp³-hybridized carbons (Fsp3) is 0.200. The Morgan fingerprint density at radius 2 is 1.07 bits per heavy atom. The van der Waals surface area contributed by atoms with Crippen molar-refractivity contribution in [2.75, 3.05) is 0 Å². The van der Waals surface area contributed by atoms with Gasteiger partial charge in [-0.25, -0.2) is 9.59 Å². The van der Waals surface area contributed by atoms with Gasteiger partial charge in [0.25, 0.3) is 0 Å². The molecule has 0 aromatic heterocycles. The molecule has 3 aromatic rings. The van der Waals surface area contributed by atoms with Crippen molar-refractivity contribution in [3.8, 4) is 0 Å². The van der Waals surface area contributed by atoms with Crippen LogP contribution in [0.15, 0.2) is 78.9 Å². The van der Waals surface area contributed by atoms with Crippen LogP contribution in [-0.2, 0) is 0 Å². The molecule has 3 aromatic carbocycles. The molecule has 2 atom stereocenters. The van der Waals surface area contributed by atoms with Crippen LogP contribution in [-0.4, -0.2) is 22.2 Å². The largest absolute Gasteiger partial charge is 0.478 e. The molecule has 0 amide bonds. The van der Waals surface area contributed by atoms with Gasteiger partial charge in [0.05, 0.1) is 11.1 Å². The zero-order chi connectivity index (χ0) is 22.1. The maximum atomic E-state index is 11.3. The van der Waals surface area contributed by atoms with Gasteiger partial charge in [-0.05, 0) is 53.6 Å². The molecule has 156 valence electrons. The van der Waals surface area contributed by atoms with E-state index >= 15 is 0 Å². The summed E-state index contributed by atoms with van der Waals surface area (Å²) in [6.07, 6.45) is 0.675. The Morgan fingerprint density at radius 1 is 0.700 bits per heavy atom. The molecule has 0 fully saturated rings. The van der Waals surface area contributed by atoms with Gasteiger partial charge in [0, 0.05) is 5.02 Å². The van der Waals surface area contributed by atoms with Crippen LogP contribution in [0.2, 0.25) is 5.02 Å². The summed E-state index contributed by atoms with van der Waals surface area (Å²) in [5, 5.41) is 19.4. The molecule has 2 N–H and O–H groups in total. The normalized spacial score (nSPS) is 12.2. The molecule has 0 aliphatic rings. The molecule has 5 heteroatoms. The Hall–Kier alpha value is -3.11.